The van der Waals surface area contributed by atoms with Gasteiger partial charge in [-0.25, -0.2) is 4.98 Å². The fraction of sp³-hybridized carbons (Fsp3) is 0.533. The molecule has 0 aliphatic heterocycles. The van der Waals surface area contributed by atoms with Gasteiger partial charge in [0.25, 0.3) is 0 Å². The van der Waals surface area contributed by atoms with E-state index in [1.54, 1.807) is 6.07 Å². The van der Waals surface area contributed by atoms with Gasteiger partial charge in [0.15, 0.2) is 0 Å². The van der Waals surface area contributed by atoms with Crippen LogP contribution >= 0.6 is 34.8 Å². The fourth-order valence-corrected chi connectivity index (χ4v) is 2.68. The SMILES string of the molecule is CC(Cl)c1nc2cc(Cl)c(Cl)cc2n1CCN(C)C(C)C. The summed E-state index contributed by atoms with van der Waals surface area (Å²) in [5.41, 5.74) is 1.81. The third-order valence-electron chi connectivity index (χ3n) is 3.73. The number of likely N-dealkylation sites (N-methyl/N-ethyl adjacent to an activating group) is 1. The number of hydrogen-bond donors (Lipinski definition) is 0. The number of fused-ring (bicyclic) bond motifs is 1. The molecule has 0 bridgehead atoms. The van der Waals surface area contributed by atoms with Crippen LogP contribution < -0.4 is 0 Å². The highest BCUT2D eigenvalue weighted by Crippen LogP contribution is 2.31. The first-order chi connectivity index (χ1) is 9.81. The van der Waals surface area contributed by atoms with Crippen molar-refractivity contribution in [3.05, 3.63) is 28.0 Å². The molecule has 2 rings (SSSR count). The largest absolute Gasteiger partial charge is 0.325 e. The molecule has 0 aliphatic rings. The Morgan fingerprint density at radius 3 is 2.38 bits per heavy atom. The van der Waals surface area contributed by atoms with Crippen LogP contribution in [-0.2, 0) is 6.54 Å². The van der Waals surface area contributed by atoms with Crippen molar-refractivity contribution in [3.63, 3.8) is 0 Å². The van der Waals surface area contributed by atoms with Crippen LogP contribution in [0.1, 0.15) is 32.0 Å². The van der Waals surface area contributed by atoms with Gasteiger partial charge in [0.1, 0.15) is 5.82 Å². The van der Waals surface area contributed by atoms with E-state index in [9.17, 15) is 0 Å². The van der Waals surface area contributed by atoms with Crippen LogP contribution in [0.5, 0.6) is 0 Å². The van der Waals surface area contributed by atoms with E-state index < -0.39 is 0 Å². The van der Waals surface area contributed by atoms with Crippen LogP contribution in [0.4, 0.5) is 0 Å². The van der Waals surface area contributed by atoms with Crippen molar-refractivity contribution in [2.24, 2.45) is 0 Å². The molecular formula is C15H20Cl3N3. The van der Waals surface area contributed by atoms with Gasteiger partial charge in [0.05, 0.1) is 26.5 Å². The lowest BCUT2D eigenvalue weighted by molar-refractivity contribution is 0.263. The molecule has 0 N–H and O–H groups in total. The maximum absolute atomic E-state index is 6.27. The van der Waals surface area contributed by atoms with Crippen molar-refractivity contribution in [3.8, 4) is 0 Å². The molecule has 3 nitrogen and oxygen atoms in total. The molecular weight excluding hydrogens is 329 g/mol. The molecule has 0 radical (unpaired) electrons. The minimum atomic E-state index is -0.167. The van der Waals surface area contributed by atoms with Crippen molar-refractivity contribution < 1.29 is 0 Å². The van der Waals surface area contributed by atoms with Gasteiger partial charge in [-0.15, -0.1) is 11.6 Å². The summed E-state index contributed by atoms with van der Waals surface area (Å²) in [6, 6.07) is 4.16. The zero-order valence-electron chi connectivity index (χ0n) is 12.7. The quantitative estimate of drug-likeness (QED) is 0.710. The molecule has 1 unspecified atom stereocenters. The Labute approximate surface area is 140 Å². The zero-order chi connectivity index (χ0) is 15.7. The van der Waals surface area contributed by atoms with Crippen molar-refractivity contribution in [1.82, 2.24) is 14.5 Å². The predicted molar refractivity (Wildman–Crippen MR) is 91.8 cm³/mol. The highest BCUT2D eigenvalue weighted by Gasteiger charge is 2.17. The van der Waals surface area contributed by atoms with E-state index in [0.29, 0.717) is 16.1 Å². The molecule has 2 aromatic rings. The number of nitrogens with zero attached hydrogens (tertiary/aromatic N) is 3. The number of aromatic nitrogens is 2. The number of hydrogen-bond acceptors (Lipinski definition) is 2. The Kier molecular flexibility index (Phi) is 5.42. The van der Waals surface area contributed by atoms with Crippen molar-refractivity contribution in [2.45, 2.75) is 38.7 Å². The van der Waals surface area contributed by atoms with Crippen LogP contribution in [0.25, 0.3) is 11.0 Å². The van der Waals surface area contributed by atoms with Crippen LogP contribution in [0.15, 0.2) is 12.1 Å². The van der Waals surface area contributed by atoms with E-state index in [4.69, 9.17) is 34.8 Å². The molecule has 0 spiro atoms. The smallest absolute Gasteiger partial charge is 0.127 e. The second kappa shape index (κ2) is 6.74. The Bertz CT molecular complexity index is 635. The molecule has 116 valence electrons. The van der Waals surface area contributed by atoms with Gasteiger partial charge in [-0.2, -0.15) is 0 Å². The Hall–Kier alpha value is -0.480. The zero-order valence-corrected chi connectivity index (χ0v) is 15.0. The fourth-order valence-electron chi connectivity index (χ4n) is 2.19. The van der Waals surface area contributed by atoms with E-state index in [0.717, 1.165) is 29.9 Å². The predicted octanol–water partition coefficient (Wildman–Crippen LogP) is 4.98. The first kappa shape index (κ1) is 16.9. The minimum Gasteiger partial charge on any atom is -0.325 e. The first-order valence-corrected chi connectivity index (χ1v) is 8.20. The molecule has 1 atom stereocenters. The molecule has 21 heavy (non-hydrogen) atoms. The second-order valence-corrected chi connectivity index (χ2v) is 7.04. The monoisotopic (exact) mass is 347 g/mol. The number of benzene rings is 1. The number of halogens is 3. The van der Waals surface area contributed by atoms with Crippen LogP contribution in [0.2, 0.25) is 10.0 Å². The summed E-state index contributed by atoms with van der Waals surface area (Å²) in [6.45, 7) is 8.01. The van der Waals surface area contributed by atoms with Crippen LogP contribution in [0.3, 0.4) is 0 Å². The molecule has 0 amide bonds. The van der Waals surface area contributed by atoms with Gasteiger partial charge in [0.2, 0.25) is 0 Å². The molecule has 6 heteroatoms. The van der Waals surface area contributed by atoms with Gasteiger partial charge >= 0.3 is 0 Å². The summed E-state index contributed by atoms with van der Waals surface area (Å²) in [5.74, 6) is 0.849. The highest BCUT2D eigenvalue weighted by molar-refractivity contribution is 6.42. The van der Waals surface area contributed by atoms with Gasteiger partial charge < -0.3 is 9.47 Å². The van der Waals surface area contributed by atoms with E-state index in [2.05, 4.69) is 35.3 Å². The van der Waals surface area contributed by atoms with Gasteiger partial charge in [-0.1, -0.05) is 23.2 Å². The summed E-state index contributed by atoms with van der Waals surface area (Å²) in [4.78, 5) is 6.89. The molecule has 1 aromatic carbocycles. The van der Waals surface area contributed by atoms with E-state index >= 15 is 0 Å². The van der Waals surface area contributed by atoms with Gasteiger partial charge in [-0.3, -0.25) is 0 Å². The lowest BCUT2D eigenvalue weighted by Crippen LogP contribution is -2.30. The van der Waals surface area contributed by atoms with Crippen LogP contribution in [-0.4, -0.2) is 34.1 Å². The molecule has 0 fully saturated rings. The third kappa shape index (κ3) is 3.65. The summed E-state index contributed by atoms with van der Waals surface area (Å²) in [5, 5.41) is 0.887. The summed E-state index contributed by atoms with van der Waals surface area (Å²) < 4.78 is 2.13. The average Bonchev–Trinajstić information content (AvgIpc) is 2.74. The first-order valence-electron chi connectivity index (χ1n) is 7.00. The lowest BCUT2D eigenvalue weighted by atomic mass is 10.3. The van der Waals surface area contributed by atoms with Crippen molar-refractivity contribution >= 4 is 45.8 Å². The van der Waals surface area contributed by atoms with Gasteiger partial charge in [0, 0.05) is 19.1 Å². The topological polar surface area (TPSA) is 21.1 Å². The number of rotatable bonds is 5. The Morgan fingerprint density at radius 1 is 1.19 bits per heavy atom. The number of alkyl halides is 1. The van der Waals surface area contributed by atoms with E-state index in [1.165, 1.54) is 0 Å². The summed E-state index contributed by atoms with van der Waals surface area (Å²) >= 11 is 18.5. The Balaban J connectivity index is 2.43. The maximum atomic E-state index is 6.27. The standard InChI is InChI=1S/C15H20Cl3N3/c1-9(2)20(4)5-6-21-14-8-12(18)11(17)7-13(14)19-15(21)10(3)16/h7-10H,5-6H2,1-4H3. The molecule has 0 aliphatic carbocycles. The normalized spacial score (nSPS) is 13.6. The minimum absolute atomic E-state index is 0.167. The van der Waals surface area contributed by atoms with E-state index in [1.807, 2.05) is 13.0 Å². The third-order valence-corrected chi connectivity index (χ3v) is 4.65. The molecule has 1 aromatic heterocycles. The maximum Gasteiger partial charge on any atom is 0.127 e. The van der Waals surface area contributed by atoms with E-state index in [-0.39, 0.29) is 5.38 Å². The molecule has 1 heterocycles. The van der Waals surface area contributed by atoms with Crippen molar-refractivity contribution in [1.29, 1.82) is 0 Å². The lowest BCUT2D eigenvalue weighted by Gasteiger charge is -2.22. The average molecular weight is 349 g/mol. The van der Waals surface area contributed by atoms with Gasteiger partial charge in [-0.05, 0) is 40.0 Å². The second-order valence-electron chi connectivity index (χ2n) is 5.57. The molecule has 0 saturated heterocycles. The van der Waals surface area contributed by atoms with Crippen LogP contribution in [0, 0.1) is 0 Å². The van der Waals surface area contributed by atoms with Crippen molar-refractivity contribution in [2.75, 3.05) is 13.6 Å². The number of imidazole rings is 1. The summed E-state index contributed by atoms with van der Waals surface area (Å²) in [7, 11) is 2.11. The Morgan fingerprint density at radius 2 is 1.81 bits per heavy atom. The molecule has 0 saturated carbocycles. The summed E-state index contributed by atoms with van der Waals surface area (Å²) in [6.07, 6.45) is 0. The highest BCUT2D eigenvalue weighted by atomic mass is 35.5.